The highest BCUT2D eigenvalue weighted by Gasteiger charge is 2.50. The van der Waals surface area contributed by atoms with Crippen molar-refractivity contribution >= 4 is 70.4 Å². The average molecular weight is 907 g/mol. The maximum absolute atomic E-state index is 2.54. The minimum atomic E-state index is -0.653. The van der Waals surface area contributed by atoms with Crippen molar-refractivity contribution in [1.29, 1.82) is 0 Å². The fourth-order valence-electron chi connectivity index (χ4n) is 12.4. The second kappa shape index (κ2) is 15.1. The smallest absolute Gasteiger partial charge is 0.0726 e. The number of hydrogen-bond donors (Lipinski definition) is 0. The van der Waals surface area contributed by atoms with E-state index in [1.54, 1.807) is 0 Å². The normalized spacial score (nSPS) is 14.3. The third-order valence-corrected chi connectivity index (χ3v) is 16.3. The molecule has 0 bridgehead atoms. The van der Waals surface area contributed by atoms with E-state index in [9.17, 15) is 0 Å². The van der Waals surface area contributed by atoms with Gasteiger partial charge in [-0.2, -0.15) is 0 Å². The first-order valence-corrected chi connectivity index (χ1v) is 25.0. The van der Waals surface area contributed by atoms with E-state index in [0.29, 0.717) is 0 Å². The van der Waals surface area contributed by atoms with E-state index in [4.69, 9.17) is 0 Å². The molecule has 15 rings (SSSR count). The van der Waals surface area contributed by atoms with Gasteiger partial charge in [-0.25, -0.2) is 0 Å². The van der Waals surface area contributed by atoms with Gasteiger partial charge in [-0.3, -0.25) is 0 Å². The van der Waals surface area contributed by atoms with Crippen LogP contribution in [0.4, 0.5) is 17.1 Å². The van der Waals surface area contributed by atoms with Crippen LogP contribution in [-0.2, 0) is 5.41 Å². The maximum atomic E-state index is 2.54. The summed E-state index contributed by atoms with van der Waals surface area (Å²) in [7, 11) is 0. The Labute approximate surface area is 410 Å². The van der Waals surface area contributed by atoms with Gasteiger partial charge in [0.1, 0.15) is 0 Å². The number of anilines is 3. The van der Waals surface area contributed by atoms with E-state index in [1.807, 2.05) is 11.3 Å². The summed E-state index contributed by atoms with van der Waals surface area (Å²) in [6, 6.07) is 95.1. The molecule has 0 radical (unpaired) electrons. The molecule has 2 heterocycles. The molecule has 0 fully saturated rings. The second-order valence-corrected chi connectivity index (χ2v) is 19.8. The molecule has 70 heavy (non-hydrogen) atoms. The van der Waals surface area contributed by atoms with Gasteiger partial charge >= 0.3 is 0 Å². The van der Waals surface area contributed by atoms with Gasteiger partial charge in [0.15, 0.2) is 0 Å². The van der Waals surface area contributed by atoms with E-state index >= 15 is 0 Å². The Morgan fingerprint density at radius 3 is 1.67 bits per heavy atom. The maximum Gasteiger partial charge on any atom is 0.0726 e. The highest BCUT2D eigenvalue weighted by molar-refractivity contribution is 7.26. The van der Waals surface area contributed by atoms with Gasteiger partial charge in [-0.1, -0.05) is 182 Å². The first-order valence-electron chi connectivity index (χ1n) is 24.2. The van der Waals surface area contributed by atoms with Crippen molar-refractivity contribution in [2.45, 2.75) is 5.41 Å². The SMILES string of the molecule is c1ccc(-c2ccc(N(c3ccc4c(c3)C3(c5ccccc5-c5ccccc5-4)c4ccccc4-c4c3ccc3sc5ccccc5c43)c3ccc4c(c3)c3ccccc3n4-c3ccccc3)cc2)cc1. The van der Waals surface area contributed by atoms with Crippen LogP contribution >= 0.6 is 11.3 Å². The predicted octanol–water partition coefficient (Wildman–Crippen LogP) is 18.3. The zero-order chi connectivity index (χ0) is 45.9. The molecule has 326 valence electrons. The number of nitrogens with zero attached hydrogens (tertiary/aromatic N) is 2. The number of benzene rings is 11. The van der Waals surface area contributed by atoms with Crippen LogP contribution in [0.25, 0.3) is 92.2 Å². The molecule has 2 aliphatic rings. The first kappa shape index (κ1) is 39.3. The molecule has 1 unspecified atom stereocenters. The number of rotatable bonds is 5. The molecule has 3 heteroatoms. The first-order chi connectivity index (χ1) is 34.7. The zero-order valence-electron chi connectivity index (χ0n) is 38.1. The number of hydrogen-bond acceptors (Lipinski definition) is 2. The van der Waals surface area contributed by atoms with Gasteiger partial charge in [0.2, 0.25) is 0 Å². The van der Waals surface area contributed by atoms with E-state index in [0.717, 1.165) is 22.7 Å². The largest absolute Gasteiger partial charge is 0.310 e. The van der Waals surface area contributed by atoms with Gasteiger partial charge in [0.05, 0.1) is 16.4 Å². The van der Waals surface area contributed by atoms with E-state index in [1.165, 1.54) is 109 Å². The second-order valence-electron chi connectivity index (χ2n) is 18.7. The van der Waals surface area contributed by atoms with Crippen LogP contribution in [0.2, 0.25) is 0 Å². The van der Waals surface area contributed by atoms with Crippen LogP contribution in [0.3, 0.4) is 0 Å². The molecule has 1 atom stereocenters. The van der Waals surface area contributed by atoms with Crippen molar-refractivity contribution in [3.05, 3.63) is 277 Å². The highest BCUT2D eigenvalue weighted by Crippen LogP contribution is 2.64. The molecule has 0 N–H and O–H groups in total. The summed E-state index contributed by atoms with van der Waals surface area (Å²) in [6.45, 7) is 0. The summed E-state index contributed by atoms with van der Waals surface area (Å²) in [6.07, 6.45) is 0. The van der Waals surface area contributed by atoms with Crippen molar-refractivity contribution in [2.75, 3.05) is 4.90 Å². The van der Waals surface area contributed by atoms with Crippen LogP contribution in [0, 0.1) is 0 Å². The molecule has 0 amide bonds. The molecule has 2 nitrogen and oxygen atoms in total. The summed E-state index contributed by atoms with van der Waals surface area (Å²) < 4.78 is 5.04. The fourth-order valence-corrected chi connectivity index (χ4v) is 13.5. The van der Waals surface area contributed by atoms with Crippen molar-refractivity contribution in [1.82, 2.24) is 4.57 Å². The summed E-state index contributed by atoms with van der Waals surface area (Å²) in [5.41, 5.74) is 21.4. The van der Waals surface area contributed by atoms with Gasteiger partial charge in [0, 0.05) is 53.7 Å². The van der Waals surface area contributed by atoms with E-state index in [-0.39, 0.29) is 0 Å². The predicted molar refractivity (Wildman–Crippen MR) is 296 cm³/mol. The van der Waals surface area contributed by atoms with Crippen LogP contribution in [-0.4, -0.2) is 4.57 Å². The quantitative estimate of drug-likeness (QED) is 0.167. The summed E-state index contributed by atoms with van der Waals surface area (Å²) in [5, 5.41) is 5.10. The zero-order valence-corrected chi connectivity index (χ0v) is 38.9. The van der Waals surface area contributed by atoms with Gasteiger partial charge in [-0.15, -0.1) is 11.3 Å². The number of fused-ring (bicyclic) bond motifs is 19. The molecule has 0 saturated carbocycles. The van der Waals surface area contributed by atoms with Crippen molar-refractivity contribution in [3.63, 3.8) is 0 Å². The summed E-state index contributed by atoms with van der Waals surface area (Å²) in [4.78, 5) is 2.48. The lowest BCUT2D eigenvalue weighted by Gasteiger charge is -2.36. The van der Waals surface area contributed by atoms with Crippen molar-refractivity contribution < 1.29 is 0 Å². The van der Waals surface area contributed by atoms with Crippen LogP contribution in [0.5, 0.6) is 0 Å². The van der Waals surface area contributed by atoms with Gasteiger partial charge in [-0.05, 0) is 140 Å². The Morgan fingerprint density at radius 1 is 0.329 bits per heavy atom. The summed E-state index contributed by atoms with van der Waals surface area (Å²) >= 11 is 1.90. The molecule has 1 spiro atoms. The van der Waals surface area contributed by atoms with E-state index in [2.05, 4.69) is 264 Å². The Hall–Kier alpha value is -8.76. The number of para-hydroxylation sites is 2. The van der Waals surface area contributed by atoms with Crippen LogP contribution in [0.15, 0.2) is 255 Å². The lowest BCUT2D eigenvalue weighted by atomic mass is 9.65. The standard InChI is InChI=1S/C67H42N2S/c1-3-17-43(18-4-1)44-31-33-46(34-32-44)68(47-36-39-62-56(41-47)53-24-11-15-29-61(53)69(62)45-19-5-2-6-20-45)48-35-37-52-50-22-8-7-21-49(50)51-23-9-13-27-57(51)67(60(52)42-48)58-28-14-10-25-54(58)65-59(67)38-40-64-66(65)55-26-12-16-30-63(55)70-64/h1-42H. The Morgan fingerprint density at radius 2 is 0.886 bits per heavy atom. The molecule has 2 aliphatic carbocycles. The Kier molecular flexibility index (Phi) is 8.48. The van der Waals surface area contributed by atoms with Crippen LogP contribution in [0.1, 0.15) is 22.3 Å². The molecule has 13 aromatic rings. The van der Waals surface area contributed by atoms with Gasteiger partial charge < -0.3 is 9.47 Å². The fraction of sp³-hybridized carbons (Fsp3) is 0.0149. The van der Waals surface area contributed by atoms with Crippen molar-refractivity contribution in [2.24, 2.45) is 0 Å². The third-order valence-electron chi connectivity index (χ3n) is 15.2. The highest BCUT2D eigenvalue weighted by atomic mass is 32.1. The monoisotopic (exact) mass is 906 g/mol. The molecule has 11 aromatic carbocycles. The van der Waals surface area contributed by atoms with E-state index < -0.39 is 5.41 Å². The molecule has 0 saturated heterocycles. The van der Waals surface area contributed by atoms with Crippen LogP contribution < -0.4 is 4.90 Å². The molecule has 0 aliphatic heterocycles. The lowest BCUT2D eigenvalue weighted by molar-refractivity contribution is 0.776. The Balaban J connectivity index is 1.04. The number of thiophene rings is 1. The number of aromatic nitrogens is 1. The van der Waals surface area contributed by atoms with Crippen molar-refractivity contribution in [3.8, 4) is 50.2 Å². The molecular formula is C67H42N2S. The third kappa shape index (κ3) is 5.49. The minimum absolute atomic E-state index is 0.653. The average Bonchev–Trinajstić information content (AvgIpc) is 4.05. The Bertz CT molecular complexity index is 4240. The topological polar surface area (TPSA) is 8.17 Å². The molecule has 2 aromatic heterocycles. The van der Waals surface area contributed by atoms with Gasteiger partial charge in [0.25, 0.3) is 0 Å². The lowest BCUT2D eigenvalue weighted by Crippen LogP contribution is -2.29. The minimum Gasteiger partial charge on any atom is -0.310 e. The molecular weight excluding hydrogens is 865 g/mol. The summed E-state index contributed by atoms with van der Waals surface area (Å²) in [5.74, 6) is 0.